The molecule has 7 nitrogen and oxygen atoms in total. The van der Waals surface area contributed by atoms with E-state index in [0.717, 1.165) is 24.4 Å². The maximum absolute atomic E-state index is 12.6. The van der Waals surface area contributed by atoms with Crippen molar-refractivity contribution in [1.29, 1.82) is 0 Å². The van der Waals surface area contributed by atoms with Crippen molar-refractivity contribution < 1.29 is 4.79 Å². The number of carbonyl (C=O) groups is 1. The number of rotatable bonds is 6. The lowest BCUT2D eigenvalue weighted by molar-refractivity contribution is 0.102. The van der Waals surface area contributed by atoms with E-state index >= 15 is 0 Å². The number of H-pyrrole nitrogens is 1. The number of hydrogen-bond acceptors (Lipinski definition) is 7. The summed E-state index contributed by atoms with van der Waals surface area (Å²) in [6, 6.07) is 10.0. The molecule has 0 saturated heterocycles. The largest absolute Gasteiger partial charge is 0.309 e. The molecule has 30 heavy (non-hydrogen) atoms. The molecule has 0 aliphatic heterocycles. The number of nitrogens with one attached hydrogen (secondary N) is 1. The van der Waals surface area contributed by atoms with Crippen molar-refractivity contribution in [1.82, 2.24) is 24.7 Å². The Bertz CT molecular complexity index is 1320. The third-order valence-electron chi connectivity index (χ3n) is 5.06. The van der Waals surface area contributed by atoms with Crippen LogP contribution in [0, 0.1) is 6.92 Å². The van der Waals surface area contributed by atoms with Crippen molar-refractivity contribution in [3.05, 3.63) is 62.8 Å². The topological polar surface area (TPSA) is 93.5 Å². The van der Waals surface area contributed by atoms with Crippen LogP contribution in [0.5, 0.6) is 0 Å². The minimum absolute atomic E-state index is 0.0471. The van der Waals surface area contributed by atoms with Crippen LogP contribution in [0.15, 0.2) is 40.3 Å². The Labute approximate surface area is 180 Å². The Morgan fingerprint density at radius 1 is 1.27 bits per heavy atom. The monoisotopic (exact) mass is 437 g/mol. The molecule has 0 spiro atoms. The van der Waals surface area contributed by atoms with Crippen molar-refractivity contribution in [3.8, 4) is 5.69 Å². The number of carbonyl (C=O) groups excluding carboxylic acids is 1. The summed E-state index contributed by atoms with van der Waals surface area (Å²) >= 11 is 2.72. The lowest BCUT2D eigenvalue weighted by atomic mass is 10.2. The third kappa shape index (κ3) is 3.48. The van der Waals surface area contributed by atoms with Crippen molar-refractivity contribution in [2.75, 3.05) is 0 Å². The highest BCUT2D eigenvalue weighted by molar-refractivity contribution is 7.98. The Morgan fingerprint density at radius 3 is 2.73 bits per heavy atom. The summed E-state index contributed by atoms with van der Waals surface area (Å²) in [6.45, 7) is 3.30. The molecule has 9 heteroatoms. The second-order valence-corrected chi connectivity index (χ2v) is 9.31. The van der Waals surface area contributed by atoms with Gasteiger partial charge in [0.05, 0.1) is 21.7 Å². The third-order valence-corrected chi connectivity index (χ3v) is 7.20. The molecule has 5 rings (SSSR count). The number of hydrogen-bond donors (Lipinski definition) is 1. The van der Waals surface area contributed by atoms with E-state index < -0.39 is 0 Å². The van der Waals surface area contributed by atoms with Gasteiger partial charge in [-0.2, -0.15) is 0 Å². The van der Waals surface area contributed by atoms with E-state index in [1.807, 2.05) is 35.0 Å². The number of nitrogens with zero attached hydrogens (tertiary/aromatic N) is 4. The number of Topliss-reactive ketones (excluding diaryl/α,β-unsaturated/α-hetero) is 1. The molecule has 0 unspecified atom stereocenters. The van der Waals surface area contributed by atoms with E-state index in [4.69, 9.17) is 4.98 Å². The van der Waals surface area contributed by atoms with Crippen LogP contribution in [0.2, 0.25) is 0 Å². The lowest BCUT2D eigenvalue weighted by Gasteiger charge is -2.03. The Balaban J connectivity index is 1.43. The Morgan fingerprint density at radius 2 is 2.03 bits per heavy atom. The van der Waals surface area contributed by atoms with E-state index in [1.165, 1.54) is 30.0 Å². The van der Waals surface area contributed by atoms with Crippen LogP contribution in [0.4, 0.5) is 0 Å². The van der Waals surface area contributed by atoms with Gasteiger partial charge in [-0.3, -0.25) is 9.59 Å². The normalized spacial score (nSPS) is 13.8. The Kier molecular flexibility index (Phi) is 4.79. The quantitative estimate of drug-likeness (QED) is 0.358. The average molecular weight is 438 g/mol. The fourth-order valence-electron chi connectivity index (χ4n) is 3.46. The maximum atomic E-state index is 12.6. The number of thiophene rings is 1. The summed E-state index contributed by atoms with van der Waals surface area (Å²) in [7, 11) is 0. The molecule has 152 valence electrons. The van der Waals surface area contributed by atoms with Gasteiger partial charge in [0.1, 0.15) is 16.5 Å². The second-order valence-electron chi connectivity index (χ2n) is 7.37. The molecule has 0 amide bonds. The first-order valence-electron chi connectivity index (χ1n) is 9.69. The highest BCUT2D eigenvalue weighted by Crippen LogP contribution is 2.40. The zero-order valence-electron chi connectivity index (χ0n) is 16.5. The van der Waals surface area contributed by atoms with Gasteiger partial charge in [-0.25, -0.2) is 14.6 Å². The SMILES string of the molecule is CC(=O)c1sc2nc(CSc3nc(C4CC4)n(-c4ccccc4)n3)[nH]c(=O)c2c1C. The number of ketones is 1. The predicted octanol–water partition coefficient (Wildman–Crippen LogP) is 4.25. The number of aryl methyl sites for hydroxylation is 1. The summed E-state index contributed by atoms with van der Waals surface area (Å²) in [5, 5.41) is 5.85. The first-order chi connectivity index (χ1) is 14.5. The van der Waals surface area contributed by atoms with E-state index in [-0.39, 0.29) is 11.3 Å². The maximum Gasteiger partial charge on any atom is 0.259 e. The van der Waals surface area contributed by atoms with Gasteiger partial charge in [0, 0.05) is 5.92 Å². The molecular formula is C21H19N5O2S2. The summed E-state index contributed by atoms with van der Waals surface area (Å²) in [5.41, 5.74) is 1.49. The van der Waals surface area contributed by atoms with Gasteiger partial charge in [-0.15, -0.1) is 16.4 Å². The first kappa shape index (κ1) is 19.2. The molecular weight excluding hydrogens is 418 g/mol. The van der Waals surface area contributed by atoms with Gasteiger partial charge in [0.15, 0.2) is 5.78 Å². The van der Waals surface area contributed by atoms with Crippen LogP contribution in [0.3, 0.4) is 0 Å². The molecule has 1 aromatic carbocycles. The van der Waals surface area contributed by atoms with Gasteiger partial charge in [0.25, 0.3) is 5.56 Å². The number of fused-ring (bicyclic) bond motifs is 1. The van der Waals surface area contributed by atoms with Crippen molar-refractivity contribution in [3.63, 3.8) is 0 Å². The molecule has 1 aliphatic rings. The second kappa shape index (κ2) is 7.48. The summed E-state index contributed by atoms with van der Waals surface area (Å²) < 4.78 is 1.92. The van der Waals surface area contributed by atoms with Crippen molar-refractivity contribution in [2.45, 2.75) is 43.5 Å². The van der Waals surface area contributed by atoms with Crippen LogP contribution in [-0.4, -0.2) is 30.5 Å². The number of benzene rings is 1. The number of aromatic nitrogens is 5. The molecule has 3 heterocycles. The molecule has 3 aromatic heterocycles. The van der Waals surface area contributed by atoms with Crippen LogP contribution >= 0.6 is 23.1 Å². The van der Waals surface area contributed by atoms with Gasteiger partial charge in [-0.05, 0) is 44.4 Å². The van der Waals surface area contributed by atoms with Gasteiger partial charge < -0.3 is 4.98 Å². The number of thioether (sulfide) groups is 1. The van der Waals surface area contributed by atoms with Crippen molar-refractivity contribution >= 4 is 39.1 Å². The fraction of sp³-hybridized carbons (Fsp3) is 0.286. The van der Waals surface area contributed by atoms with Crippen molar-refractivity contribution in [2.24, 2.45) is 0 Å². The molecule has 0 bridgehead atoms. The smallest absolute Gasteiger partial charge is 0.259 e. The van der Waals surface area contributed by atoms with E-state index in [9.17, 15) is 9.59 Å². The van der Waals surface area contributed by atoms with Crippen LogP contribution in [0.25, 0.3) is 15.9 Å². The molecule has 1 saturated carbocycles. The van der Waals surface area contributed by atoms with Crippen LogP contribution < -0.4 is 5.56 Å². The molecule has 0 radical (unpaired) electrons. The molecule has 1 fully saturated rings. The zero-order valence-corrected chi connectivity index (χ0v) is 18.1. The molecule has 0 atom stereocenters. The summed E-state index contributed by atoms with van der Waals surface area (Å²) in [4.78, 5) is 37.7. The molecule has 4 aromatic rings. The lowest BCUT2D eigenvalue weighted by Crippen LogP contribution is -2.11. The zero-order chi connectivity index (χ0) is 20.8. The summed E-state index contributed by atoms with van der Waals surface area (Å²) in [5.74, 6) is 2.40. The Hall–Kier alpha value is -2.78. The fourth-order valence-corrected chi connectivity index (χ4v) is 5.25. The molecule has 1 aliphatic carbocycles. The highest BCUT2D eigenvalue weighted by atomic mass is 32.2. The van der Waals surface area contributed by atoms with Gasteiger partial charge >= 0.3 is 0 Å². The molecule has 1 N–H and O–H groups in total. The van der Waals surface area contributed by atoms with Gasteiger partial charge in [-0.1, -0.05) is 30.0 Å². The minimum Gasteiger partial charge on any atom is -0.309 e. The van der Waals surface area contributed by atoms with E-state index in [2.05, 4.69) is 15.1 Å². The average Bonchev–Trinajstić information content (AvgIpc) is 3.40. The number of aromatic amines is 1. The van der Waals surface area contributed by atoms with E-state index in [0.29, 0.717) is 43.3 Å². The van der Waals surface area contributed by atoms with Gasteiger partial charge in [0.2, 0.25) is 5.16 Å². The van der Waals surface area contributed by atoms with Crippen LogP contribution in [-0.2, 0) is 5.75 Å². The minimum atomic E-state index is -0.210. The van der Waals surface area contributed by atoms with E-state index in [1.54, 1.807) is 6.92 Å². The van der Waals surface area contributed by atoms with Crippen LogP contribution in [0.1, 0.15) is 52.6 Å². The predicted molar refractivity (Wildman–Crippen MR) is 118 cm³/mol. The highest BCUT2D eigenvalue weighted by Gasteiger charge is 2.30. The first-order valence-corrected chi connectivity index (χ1v) is 11.5. The summed E-state index contributed by atoms with van der Waals surface area (Å²) in [6.07, 6.45) is 2.27. The number of para-hydroxylation sites is 1. The standard InChI is InChI=1S/C21H19N5O2S2/c1-11-16-19(28)22-15(23-20(16)30-17(11)12(2)27)10-29-21-24-18(13-8-9-13)26(25-21)14-6-4-3-5-7-14/h3-7,13H,8-10H2,1-2H3,(H,22,23,28).